The summed E-state index contributed by atoms with van der Waals surface area (Å²) in [4.78, 5) is 19.1. The summed E-state index contributed by atoms with van der Waals surface area (Å²) < 4.78 is 1.86. The molecule has 3 aliphatic rings. The number of anilines is 1. The molecule has 134 valence electrons. The quantitative estimate of drug-likeness (QED) is 0.782. The molecule has 5 rings (SSSR count). The van der Waals surface area contributed by atoms with Crippen molar-refractivity contribution in [2.75, 3.05) is 25.0 Å². The van der Waals surface area contributed by atoms with Crippen LogP contribution in [-0.2, 0) is 17.8 Å². The highest BCUT2D eigenvalue weighted by molar-refractivity contribution is 7.13. The van der Waals surface area contributed by atoms with Crippen LogP contribution in [0.1, 0.15) is 18.5 Å². The topological polar surface area (TPSA) is 96.2 Å². The Kier molecular flexibility index (Phi) is 4.78. The van der Waals surface area contributed by atoms with E-state index < -0.39 is 0 Å². The molecule has 1 amide bonds. The normalized spacial score (nSPS) is 28.2. The van der Waals surface area contributed by atoms with Crippen molar-refractivity contribution in [2.45, 2.75) is 31.8 Å². The maximum atomic E-state index is 12.6. The van der Waals surface area contributed by atoms with Crippen LogP contribution in [0.4, 0.5) is 5.13 Å². The Hall–Kier alpha value is -1.84. The predicted octanol–water partition coefficient (Wildman–Crippen LogP) is 0.618. The van der Waals surface area contributed by atoms with Gasteiger partial charge >= 0.3 is 0 Å². The highest BCUT2D eigenvalue weighted by atomic mass is 32.1. The highest BCUT2D eigenvalue weighted by Gasteiger charge is 2.43. The number of amides is 1. The van der Waals surface area contributed by atoms with Crippen LogP contribution in [0, 0.1) is 11.8 Å². The molecule has 3 aliphatic heterocycles. The zero-order valence-electron chi connectivity index (χ0n) is 13.9. The lowest BCUT2D eigenvalue weighted by atomic mass is 9.75. The van der Waals surface area contributed by atoms with E-state index in [1.54, 1.807) is 6.20 Å². The minimum atomic E-state index is 0.0367. The van der Waals surface area contributed by atoms with Crippen LogP contribution < -0.4 is 5.32 Å². The number of hydrogen-bond donors (Lipinski definition) is 2. The fourth-order valence-corrected chi connectivity index (χ4v) is 4.51. The molecule has 3 fully saturated rings. The minimum absolute atomic E-state index is 0.0367. The van der Waals surface area contributed by atoms with Gasteiger partial charge in [0.25, 0.3) is 0 Å². The number of aromatic nitrogens is 4. The molecule has 2 aromatic rings. The number of aliphatic hydroxyl groups excluding tert-OH is 1. The summed E-state index contributed by atoms with van der Waals surface area (Å²) in [5.41, 5.74) is 0.819. The molecule has 0 radical (unpaired) electrons. The minimum Gasteiger partial charge on any atom is -0.396 e. The monoisotopic (exact) mass is 362 g/mol. The van der Waals surface area contributed by atoms with Crippen molar-refractivity contribution in [3.05, 3.63) is 23.5 Å². The fraction of sp³-hybridized carbons (Fsp3) is 0.625. The maximum Gasteiger partial charge on any atom is 0.230 e. The SMILES string of the molecule is O=C(Nc1nccs1)[C@H]1CN2CC[C@@H]1C[C@@H]2Cn1cc(CCO)nn1. The summed E-state index contributed by atoms with van der Waals surface area (Å²) in [5.74, 6) is 0.541. The second kappa shape index (κ2) is 7.19. The van der Waals surface area contributed by atoms with E-state index in [0.717, 1.165) is 38.2 Å². The Morgan fingerprint density at radius 1 is 1.48 bits per heavy atom. The predicted molar refractivity (Wildman–Crippen MR) is 93.1 cm³/mol. The molecular weight excluding hydrogens is 340 g/mol. The van der Waals surface area contributed by atoms with E-state index in [9.17, 15) is 4.79 Å². The van der Waals surface area contributed by atoms with Gasteiger partial charge in [-0.3, -0.25) is 14.4 Å². The van der Waals surface area contributed by atoms with Crippen molar-refractivity contribution in [3.63, 3.8) is 0 Å². The number of piperidine rings is 3. The van der Waals surface area contributed by atoms with Crippen molar-refractivity contribution in [3.8, 4) is 0 Å². The van der Waals surface area contributed by atoms with Gasteiger partial charge < -0.3 is 10.4 Å². The number of fused-ring (bicyclic) bond motifs is 3. The van der Waals surface area contributed by atoms with Crippen LogP contribution in [0.15, 0.2) is 17.8 Å². The van der Waals surface area contributed by atoms with E-state index in [1.807, 2.05) is 16.3 Å². The molecule has 2 aromatic heterocycles. The summed E-state index contributed by atoms with van der Waals surface area (Å²) in [7, 11) is 0. The van der Waals surface area contributed by atoms with E-state index in [-0.39, 0.29) is 18.4 Å². The van der Waals surface area contributed by atoms with E-state index >= 15 is 0 Å². The lowest BCUT2D eigenvalue weighted by Gasteiger charge is -2.49. The molecular formula is C16H22N6O2S. The van der Waals surface area contributed by atoms with Crippen LogP contribution in [0.25, 0.3) is 0 Å². The van der Waals surface area contributed by atoms with Gasteiger partial charge in [0.15, 0.2) is 5.13 Å². The molecule has 0 spiro atoms. The summed E-state index contributed by atoms with van der Waals surface area (Å²) in [5, 5.41) is 22.7. The molecule has 0 aromatic carbocycles. The summed E-state index contributed by atoms with van der Waals surface area (Å²) in [6.07, 6.45) is 6.23. The van der Waals surface area contributed by atoms with Crippen molar-refractivity contribution in [1.29, 1.82) is 0 Å². The van der Waals surface area contributed by atoms with Crippen molar-refractivity contribution < 1.29 is 9.90 Å². The number of thiazole rings is 1. The molecule has 25 heavy (non-hydrogen) atoms. The molecule has 1 unspecified atom stereocenters. The Morgan fingerprint density at radius 2 is 2.40 bits per heavy atom. The maximum absolute atomic E-state index is 12.6. The van der Waals surface area contributed by atoms with Crippen LogP contribution >= 0.6 is 11.3 Å². The molecule has 3 saturated heterocycles. The molecule has 2 bridgehead atoms. The first kappa shape index (κ1) is 16.6. The number of aliphatic hydroxyl groups is 1. The van der Waals surface area contributed by atoms with Crippen molar-refractivity contribution in [1.82, 2.24) is 24.9 Å². The van der Waals surface area contributed by atoms with Gasteiger partial charge in [-0.2, -0.15) is 0 Å². The van der Waals surface area contributed by atoms with Gasteiger partial charge in [0.2, 0.25) is 5.91 Å². The molecule has 2 N–H and O–H groups in total. The van der Waals surface area contributed by atoms with E-state index in [2.05, 4.69) is 25.5 Å². The Bertz CT molecular complexity index is 718. The van der Waals surface area contributed by atoms with Crippen molar-refractivity contribution >= 4 is 22.4 Å². The van der Waals surface area contributed by atoms with Gasteiger partial charge in [-0.1, -0.05) is 5.21 Å². The van der Waals surface area contributed by atoms with Gasteiger partial charge in [-0.25, -0.2) is 4.98 Å². The first-order valence-corrected chi connectivity index (χ1v) is 9.55. The average Bonchev–Trinajstić information content (AvgIpc) is 3.28. The number of nitrogens with one attached hydrogen (secondary N) is 1. The lowest BCUT2D eigenvalue weighted by molar-refractivity contribution is -0.127. The van der Waals surface area contributed by atoms with Crippen LogP contribution in [0.2, 0.25) is 0 Å². The first-order chi connectivity index (χ1) is 12.2. The zero-order valence-corrected chi connectivity index (χ0v) is 14.7. The smallest absolute Gasteiger partial charge is 0.230 e. The summed E-state index contributed by atoms with van der Waals surface area (Å²) >= 11 is 1.45. The Balaban J connectivity index is 1.37. The fourth-order valence-electron chi connectivity index (χ4n) is 3.98. The van der Waals surface area contributed by atoms with Gasteiger partial charge in [0.1, 0.15) is 0 Å². The largest absolute Gasteiger partial charge is 0.396 e. The number of carbonyl (C=O) groups excluding carboxylic acids is 1. The second-order valence-electron chi connectivity index (χ2n) is 6.77. The van der Waals surface area contributed by atoms with Gasteiger partial charge in [0, 0.05) is 43.4 Å². The standard InChI is InChI=1S/C16H22N6O2S/c23-5-2-12-8-22(20-19-12)9-13-7-11-1-4-21(13)10-14(11)15(24)18-16-17-3-6-25-16/h3,6,8,11,13-14,23H,1-2,4-5,7,9-10H2,(H,17,18,24)/t11-,13-,14+/m1/s1. The first-order valence-electron chi connectivity index (χ1n) is 8.67. The molecule has 9 heteroatoms. The second-order valence-corrected chi connectivity index (χ2v) is 7.67. The summed E-state index contributed by atoms with van der Waals surface area (Å²) in [6.45, 7) is 2.71. The summed E-state index contributed by atoms with van der Waals surface area (Å²) in [6, 6.07) is 0.395. The molecule has 0 aliphatic carbocycles. The molecule has 5 heterocycles. The third kappa shape index (κ3) is 3.58. The van der Waals surface area contributed by atoms with Crippen LogP contribution in [0.5, 0.6) is 0 Å². The van der Waals surface area contributed by atoms with Gasteiger partial charge in [-0.15, -0.1) is 16.4 Å². The third-order valence-corrected chi connectivity index (χ3v) is 5.92. The third-order valence-electron chi connectivity index (χ3n) is 5.23. The highest BCUT2D eigenvalue weighted by Crippen LogP contribution is 2.37. The zero-order chi connectivity index (χ0) is 17.2. The Labute approximate surface area is 149 Å². The van der Waals surface area contributed by atoms with Crippen molar-refractivity contribution in [2.24, 2.45) is 11.8 Å². The Morgan fingerprint density at radius 3 is 3.12 bits per heavy atom. The number of hydrogen-bond acceptors (Lipinski definition) is 7. The molecule has 4 atom stereocenters. The van der Waals surface area contributed by atoms with Gasteiger partial charge in [-0.05, 0) is 25.3 Å². The van der Waals surface area contributed by atoms with E-state index in [4.69, 9.17) is 5.11 Å². The lowest BCUT2D eigenvalue weighted by Crippen LogP contribution is -2.57. The van der Waals surface area contributed by atoms with Crippen LogP contribution in [-0.4, -0.2) is 61.6 Å². The molecule has 8 nitrogen and oxygen atoms in total. The average molecular weight is 362 g/mol. The van der Waals surface area contributed by atoms with E-state index in [1.165, 1.54) is 11.3 Å². The number of nitrogens with zero attached hydrogens (tertiary/aromatic N) is 5. The van der Waals surface area contributed by atoms with E-state index in [0.29, 0.717) is 23.5 Å². The number of rotatable bonds is 6. The van der Waals surface area contributed by atoms with Crippen LogP contribution in [0.3, 0.4) is 0 Å². The number of carbonyl (C=O) groups is 1. The molecule has 0 saturated carbocycles. The van der Waals surface area contributed by atoms with Gasteiger partial charge in [0.05, 0.1) is 18.2 Å².